The van der Waals surface area contributed by atoms with Crippen molar-refractivity contribution in [3.05, 3.63) is 86.2 Å². The van der Waals surface area contributed by atoms with Crippen molar-refractivity contribution in [2.24, 2.45) is 7.05 Å². The molecule has 2 unspecified atom stereocenters. The maximum atomic E-state index is 12.2. The van der Waals surface area contributed by atoms with Crippen LogP contribution in [0.4, 0.5) is 5.69 Å². The number of nitrogens with one attached hydrogen (secondary N) is 2. The van der Waals surface area contributed by atoms with Crippen LogP contribution in [0, 0.1) is 0 Å². The Kier molecular flexibility index (Phi) is 8.13. The van der Waals surface area contributed by atoms with Gasteiger partial charge >= 0.3 is 0 Å². The average Bonchev–Trinajstić information content (AvgIpc) is 2.93. The second kappa shape index (κ2) is 11.7. The summed E-state index contributed by atoms with van der Waals surface area (Å²) in [6, 6.07) is 16.3. The molecule has 2 saturated heterocycles. The Hall–Kier alpha value is -3.50. The number of aromatic nitrogens is 2. The molecule has 2 aliphatic heterocycles. The van der Waals surface area contributed by atoms with Gasteiger partial charge in [-0.1, -0.05) is 36.4 Å². The number of ether oxygens (including phenoxy) is 1. The highest BCUT2D eigenvalue weighted by Crippen LogP contribution is 2.30. The number of rotatable bonds is 7. The number of likely N-dealkylation sites (tertiary alicyclic amines) is 1. The molecule has 2 N–H and O–H groups in total. The molecule has 0 spiro atoms. The predicted molar refractivity (Wildman–Crippen MR) is 152 cm³/mol. The number of amides is 2. The number of imide groups is 1. The zero-order chi connectivity index (χ0) is 27.5. The van der Waals surface area contributed by atoms with Crippen molar-refractivity contribution in [3.63, 3.8) is 0 Å². The molecule has 2 amide bonds. The Morgan fingerprint density at radius 3 is 2.46 bits per heavy atom. The van der Waals surface area contributed by atoms with Crippen LogP contribution in [-0.4, -0.2) is 52.7 Å². The van der Waals surface area contributed by atoms with Crippen LogP contribution < -0.4 is 20.9 Å². The van der Waals surface area contributed by atoms with Crippen molar-refractivity contribution in [1.29, 1.82) is 0 Å². The first-order chi connectivity index (χ1) is 18.8. The molecule has 0 bridgehead atoms. The van der Waals surface area contributed by atoms with E-state index in [2.05, 4.69) is 67.9 Å². The highest BCUT2D eigenvalue weighted by molar-refractivity contribution is 9.10. The summed E-state index contributed by atoms with van der Waals surface area (Å²) < 4.78 is 7.79. The third kappa shape index (κ3) is 6.39. The molecule has 3 atom stereocenters. The molecule has 9 nitrogen and oxygen atoms in total. The zero-order valence-corrected chi connectivity index (χ0v) is 23.6. The highest BCUT2D eigenvalue weighted by Gasteiger charge is 2.28. The van der Waals surface area contributed by atoms with Gasteiger partial charge in [-0.15, -0.1) is 0 Å². The van der Waals surface area contributed by atoms with E-state index < -0.39 is 0 Å². The van der Waals surface area contributed by atoms with Crippen molar-refractivity contribution in [2.75, 3.05) is 25.5 Å². The predicted octanol–water partition coefficient (Wildman–Crippen LogP) is 3.54. The summed E-state index contributed by atoms with van der Waals surface area (Å²) in [6.45, 7) is 2.28. The number of halogens is 1. The monoisotopic (exact) mass is 593 g/mol. The maximum absolute atomic E-state index is 12.2. The number of aryl methyl sites for hydroxylation is 1. The fourth-order valence-corrected chi connectivity index (χ4v) is 5.83. The molecule has 3 heterocycles. The fraction of sp³-hybridized carbons (Fsp3) is 0.379. The van der Waals surface area contributed by atoms with Crippen LogP contribution in [0.25, 0.3) is 0 Å². The van der Waals surface area contributed by atoms with Gasteiger partial charge in [0, 0.05) is 32.6 Å². The van der Waals surface area contributed by atoms with Crippen LogP contribution in [0.15, 0.2) is 64.0 Å². The third-order valence-electron chi connectivity index (χ3n) is 7.45. The van der Waals surface area contributed by atoms with E-state index in [1.54, 1.807) is 13.2 Å². The smallest absolute Gasteiger partial charge is 0.282 e. The minimum absolute atomic E-state index is 0.163. The van der Waals surface area contributed by atoms with Crippen LogP contribution in [0.3, 0.4) is 0 Å². The molecular weight excluding hydrogens is 562 g/mol. The van der Waals surface area contributed by atoms with Crippen molar-refractivity contribution >= 4 is 33.4 Å². The molecular formula is C29H32BrN5O4. The van der Waals surface area contributed by atoms with Gasteiger partial charge in [-0.05, 0) is 70.6 Å². The minimum Gasteiger partial charge on any atom is -0.489 e. The lowest BCUT2D eigenvalue weighted by molar-refractivity contribution is -0.134. The van der Waals surface area contributed by atoms with Gasteiger partial charge < -0.3 is 15.0 Å². The first-order valence-electron chi connectivity index (χ1n) is 13.1. The maximum Gasteiger partial charge on any atom is 0.282 e. The number of nitrogens with zero attached hydrogens (tertiary/aromatic N) is 3. The van der Waals surface area contributed by atoms with E-state index in [0.717, 1.165) is 42.1 Å². The Morgan fingerprint density at radius 2 is 1.74 bits per heavy atom. The van der Waals surface area contributed by atoms with Gasteiger partial charge in [-0.2, -0.15) is 5.10 Å². The van der Waals surface area contributed by atoms with E-state index in [1.807, 2.05) is 24.3 Å². The van der Waals surface area contributed by atoms with Crippen LogP contribution in [0.5, 0.6) is 5.75 Å². The largest absolute Gasteiger partial charge is 0.489 e. The SMILES string of the molecule is CN1CC(Nc2cnn(C)c(=O)c2Br)C[C@H](c2ccc(COc3ccc(C4CCC(=O)NC4=O)cc3)cc2)C1. The van der Waals surface area contributed by atoms with Crippen molar-refractivity contribution in [2.45, 2.75) is 43.7 Å². The molecule has 10 heteroatoms. The van der Waals surface area contributed by atoms with E-state index in [-0.39, 0.29) is 29.3 Å². The molecule has 2 aliphatic rings. The standard InChI is InChI=1S/C29H32BrN5O4/c1-34-15-21(13-22(16-34)32-25-14-31-35(2)29(38)27(25)30)19-5-3-18(4-6-19)17-39-23-9-7-20(8-10-23)24-11-12-26(36)33-28(24)37/h3-10,14,21-22,24,32H,11-13,15-17H2,1-2H3,(H,33,36,37)/t21-,22?,24?/m0/s1. The summed E-state index contributed by atoms with van der Waals surface area (Å²) in [4.78, 5) is 38.0. The van der Waals surface area contributed by atoms with Crippen molar-refractivity contribution in [3.8, 4) is 5.75 Å². The average molecular weight is 595 g/mol. The molecule has 204 valence electrons. The van der Waals surface area contributed by atoms with E-state index in [1.165, 1.54) is 10.2 Å². The van der Waals surface area contributed by atoms with E-state index in [9.17, 15) is 14.4 Å². The normalized spacial score (nSPS) is 21.9. The van der Waals surface area contributed by atoms with Gasteiger partial charge in [0.25, 0.3) is 5.56 Å². The Labute approximate surface area is 235 Å². The van der Waals surface area contributed by atoms with E-state index in [0.29, 0.717) is 29.8 Å². The second-order valence-corrected chi connectivity index (χ2v) is 11.2. The molecule has 5 rings (SSSR count). The lowest BCUT2D eigenvalue weighted by Crippen LogP contribution is -2.43. The van der Waals surface area contributed by atoms with Crippen LogP contribution in [-0.2, 0) is 23.2 Å². The molecule has 0 aliphatic carbocycles. The number of anilines is 1. The van der Waals surface area contributed by atoms with Gasteiger partial charge in [-0.25, -0.2) is 4.68 Å². The molecule has 39 heavy (non-hydrogen) atoms. The van der Waals surface area contributed by atoms with Crippen LogP contribution >= 0.6 is 15.9 Å². The lowest BCUT2D eigenvalue weighted by atomic mass is 9.88. The number of likely N-dealkylation sites (N-methyl/N-ethyl adjacent to an activating group) is 1. The summed E-state index contributed by atoms with van der Waals surface area (Å²) in [5.41, 5.74) is 3.78. The lowest BCUT2D eigenvalue weighted by Gasteiger charge is -2.37. The Bertz CT molecular complexity index is 1410. The van der Waals surface area contributed by atoms with Crippen molar-refractivity contribution < 1.29 is 14.3 Å². The van der Waals surface area contributed by atoms with E-state index in [4.69, 9.17) is 4.74 Å². The van der Waals surface area contributed by atoms with Gasteiger partial charge in [-0.3, -0.25) is 19.7 Å². The molecule has 3 aromatic rings. The van der Waals surface area contributed by atoms with Gasteiger partial charge in [0.05, 0.1) is 17.8 Å². The summed E-state index contributed by atoms with van der Waals surface area (Å²) in [7, 11) is 3.75. The first-order valence-corrected chi connectivity index (χ1v) is 13.9. The first kappa shape index (κ1) is 27.1. The number of carbonyl (C=O) groups is 2. The van der Waals surface area contributed by atoms with Gasteiger partial charge in [0.2, 0.25) is 11.8 Å². The number of hydrogen-bond acceptors (Lipinski definition) is 7. The van der Waals surface area contributed by atoms with Crippen LogP contribution in [0.2, 0.25) is 0 Å². The molecule has 1 aromatic heterocycles. The number of piperidine rings is 2. The number of carbonyl (C=O) groups excluding carboxylic acids is 2. The molecule has 2 aromatic carbocycles. The number of benzene rings is 2. The topological polar surface area (TPSA) is 106 Å². The molecule has 0 radical (unpaired) electrons. The summed E-state index contributed by atoms with van der Waals surface area (Å²) in [5, 5.41) is 10.1. The summed E-state index contributed by atoms with van der Waals surface area (Å²) in [6.07, 6.45) is 3.53. The third-order valence-corrected chi connectivity index (χ3v) is 8.22. The van der Waals surface area contributed by atoms with E-state index >= 15 is 0 Å². The highest BCUT2D eigenvalue weighted by atomic mass is 79.9. The van der Waals surface area contributed by atoms with Crippen molar-refractivity contribution in [1.82, 2.24) is 20.0 Å². The quantitative estimate of drug-likeness (QED) is 0.404. The summed E-state index contributed by atoms with van der Waals surface area (Å²) in [5.74, 6) is 0.349. The fourth-order valence-electron chi connectivity index (χ4n) is 5.36. The van der Waals surface area contributed by atoms with Gasteiger partial charge in [0.1, 0.15) is 16.8 Å². The second-order valence-electron chi connectivity index (χ2n) is 10.4. The Morgan fingerprint density at radius 1 is 1.03 bits per heavy atom. The molecule has 0 saturated carbocycles. The van der Waals surface area contributed by atoms with Crippen LogP contribution in [0.1, 0.15) is 47.8 Å². The Balaban J connectivity index is 1.17. The zero-order valence-electron chi connectivity index (χ0n) is 22.0. The minimum atomic E-state index is -0.295. The summed E-state index contributed by atoms with van der Waals surface area (Å²) >= 11 is 3.41. The number of hydrogen-bond donors (Lipinski definition) is 2. The van der Waals surface area contributed by atoms with Gasteiger partial charge in [0.15, 0.2) is 0 Å². The molecule has 2 fully saturated rings.